The number of carbonyl (C=O) groups is 2. The van der Waals surface area contributed by atoms with E-state index in [-0.39, 0.29) is 18.2 Å². The van der Waals surface area contributed by atoms with Crippen molar-refractivity contribution in [1.82, 2.24) is 4.90 Å². The van der Waals surface area contributed by atoms with E-state index in [0.717, 1.165) is 17.5 Å². The number of hydrogen-bond donors (Lipinski definition) is 1. The van der Waals surface area contributed by atoms with Crippen LogP contribution in [0.3, 0.4) is 0 Å². The van der Waals surface area contributed by atoms with Gasteiger partial charge in [-0.3, -0.25) is 19.5 Å². The molecular formula is C8H11N3O2S. The highest BCUT2D eigenvalue weighted by Crippen LogP contribution is 2.24. The molecule has 0 aromatic rings. The Bertz CT molecular complexity index is 316. The fourth-order valence-electron chi connectivity index (χ4n) is 1.57. The number of carbonyl (C=O) groups excluding carboxylic acids is 2. The monoisotopic (exact) mass is 213 g/mol. The first-order valence-corrected chi connectivity index (χ1v) is 5.44. The van der Waals surface area contributed by atoms with E-state index in [1.807, 2.05) is 0 Å². The fraction of sp³-hybridized carbons (Fsp3) is 0.625. The minimum atomic E-state index is -0.399. The SMILES string of the molecule is NC(=O)[C@@H]1CC(=O)N(C2=NCCS2)C1. The second-order valence-corrected chi connectivity index (χ2v) is 4.38. The third kappa shape index (κ3) is 1.61. The molecule has 2 heterocycles. The van der Waals surface area contributed by atoms with Crippen molar-refractivity contribution >= 4 is 28.7 Å². The zero-order valence-electron chi connectivity index (χ0n) is 7.60. The van der Waals surface area contributed by atoms with Crippen molar-refractivity contribution in [1.29, 1.82) is 0 Å². The summed E-state index contributed by atoms with van der Waals surface area (Å²) in [6, 6.07) is 0. The van der Waals surface area contributed by atoms with Gasteiger partial charge in [0.1, 0.15) is 0 Å². The van der Waals surface area contributed by atoms with Crippen LogP contribution in [-0.2, 0) is 9.59 Å². The first-order valence-electron chi connectivity index (χ1n) is 4.45. The van der Waals surface area contributed by atoms with Crippen molar-refractivity contribution in [2.75, 3.05) is 18.8 Å². The van der Waals surface area contributed by atoms with Gasteiger partial charge in [-0.1, -0.05) is 11.8 Å². The summed E-state index contributed by atoms with van der Waals surface area (Å²) in [5.41, 5.74) is 5.16. The molecule has 1 saturated heterocycles. The van der Waals surface area contributed by atoms with Gasteiger partial charge in [0.2, 0.25) is 11.8 Å². The smallest absolute Gasteiger partial charge is 0.229 e. The molecule has 0 aromatic heterocycles. The van der Waals surface area contributed by atoms with Gasteiger partial charge in [-0.05, 0) is 0 Å². The number of primary amides is 1. The number of aliphatic imine (C=N–C) groups is 1. The Labute approximate surface area is 85.7 Å². The van der Waals surface area contributed by atoms with E-state index in [2.05, 4.69) is 4.99 Å². The molecule has 0 aromatic carbocycles. The van der Waals surface area contributed by atoms with E-state index in [1.54, 1.807) is 16.7 Å². The molecule has 0 spiro atoms. The number of thioether (sulfide) groups is 1. The van der Waals surface area contributed by atoms with Crippen LogP contribution < -0.4 is 5.73 Å². The molecule has 2 aliphatic heterocycles. The molecule has 0 radical (unpaired) electrons. The molecule has 76 valence electrons. The standard InChI is InChI=1S/C8H11N3O2S/c9-7(13)5-3-6(12)11(4-5)8-10-1-2-14-8/h5H,1-4H2,(H2,9,13)/t5-/m1/s1. The second kappa shape index (κ2) is 3.61. The minimum absolute atomic E-state index is 0.0399. The van der Waals surface area contributed by atoms with Gasteiger partial charge in [-0.25, -0.2) is 0 Å². The molecule has 14 heavy (non-hydrogen) atoms. The van der Waals surface area contributed by atoms with Crippen molar-refractivity contribution in [2.24, 2.45) is 16.6 Å². The molecule has 2 aliphatic rings. The summed E-state index contributed by atoms with van der Waals surface area (Å²) in [6.07, 6.45) is 0.231. The largest absolute Gasteiger partial charge is 0.369 e. The van der Waals surface area contributed by atoms with Crippen LogP contribution in [0.4, 0.5) is 0 Å². The third-order valence-electron chi connectivity index (χ3n) is 2.33. The Kier molecular flexibility index (Phi) is 2.45. The van der Waals surface area contributed by atoms with Gasteiger partial charge in [0.15, 0.2) is 5.17 Å². The Morgan fingerprint density at radius 1 is 1.64 bits per heavy atom. The Morgan fingerprint density at radius 3 is 2.93 bits per heavy atom. The van der Waals surface area contributed by atoms with Crippen LogP contribution in [0.2, 0.25) is 0 Å². The summed E-state index contributed by atoms with van der Waals surface area (Å²) in [5, 5.41) is 0.749. The lowest BCUT2D eigenvalue weighted by Gasteiger charge is -2.14. The summed E-state index contributed by atoms with van der Waals surface area (Å²) in [7, 11) is 0. The van der Waals surface area contributed by atoms with E-state index >= 15 is 0 Å². The number of amidine groups is 1. The molecule has 0 aliphatic carbocycles. The predicted molar refractivity (Wildman–Crippen MR) is 53.8 cm³/mol. The van der Waals surface area contributed by atoms with E-state index in [4.69, 9.17) is 5.73 Å². The van der Waals surface area contributed by atoms with Crippen molar-refractivity contribution < 1.29 is 9.59 Å². The van der Waals surface area contributed by atoms with Gasteiger partial charge in [0.25, 0.3) is 0 Å². The number of nitrogens with two attached hydrogens (primary N) is 1. The number of likely N-dealkylation sites (tertiary alicyclic amines) is 1. The van der Waals surface area contributed by atoms with Crippen molar-refractivity contribution in [3.63, 3.8) is 0 Å². The zero-order chi connectivity index (χ0) is 10.1. The van der Waals surface area contributed by atoms with Gasteiger partial charge in [-0.2, -0.15) is 0 Å². The van der Waals surface area contributed by atoms with E-state index in [9.17, 15) is 9.59 Å². The number of nitrogens with zero attached hydrogens (tertiary/aromatic N) is 2. The molecule has 1 atom stereocenters. The molecule has 6 heteroatoms. The summed E-state index contributed by atoms with van der Waals surface area (Å²) in [6.45, 7) is 1.16. The molecule has 0 saturated carbocycles. The van der Waals surface area contributed by atoms with E-state index < -0.39 is 5.91 Å². The Balaban J connectivity index is 2.07. The van der Waals surface area contributed by atoms with Crippen LogP contribution in [0.15, 0.2) is 4.99 Å². The fourth-order valence-corrected chi connectivity index (χ4v) is 2.45. The van der Waals surface area contributed by atoms with E-state index in [1.165, 1.54) is 0 Å². The molecule has 2 N–H and O–H groups in total. The minimum Gasteiger partial charge on any atom is -0.369 e. The van der Waals surface area contributed by atoms with Crippen LogP contribution in [0, 0.1) is 5.92 Å². The topological polar surface area (TPSA) is 75.8 Å². The maximum absolute atomic E-state index is 11.5. The maximum Gasteiger partial charge on any atom is 0.229 e. The van der Waals surface area contributed by atoms with Gasteiger partial charge in [0, 0.05) is 18.7 Å². The normalized spacial score (nSPS) is 26.9. The summed E-state index contributed by atoms with van der Waals surface area (Å²) >= 11 is 1.56. The molecule has 2 rings (SSSR count). The quantitative estimate of drug-likeness (QED) is 0.633. The Hall–Kier alpha value is -1.04. The molecule has 0 unspecified atom stereocenters. The third-order valence-corrected chi connectivity index (χ3v) is 3.32. The van der Waals surface area contributed by atoms with Gasteiger partial charge in [-0.15, -0.1) is 0 Å². The molecule has 2 amide bonds. The highest BCUT2D eigenvalue weighted by molar-refractivity contribution is 8.14. The van der Waals surface area contributed by atoms with Crippen LogP contribution in [0.1, 0.15) is 6.42 Å². The number of rotatable bonds is 1. The summed E-state index contributed by atoms with van der Waals surface area (Å²) in [5.74, 6) is 0.137. The van der Waals surface area contributed by atoms with E-state index in [0.29, 0.717) is 6.54 Å². The van der Waals surface area contributed by atoms with Gasteiger partial charge >= 0.3 is 0 Å². The second-order valence-electron chi connectivity index (χ2n) is 3.32. The lowest BCUT2D eigenvalue weighted by atomic mass is 10.1. The zero-order valence-corrected chi connectivity index (χ0v) is 8.42. The molecule has 1 fully saturated rings. The number of amides is 2. The predicted octanol–water partition coefficient (Wildman–Crippen LogP) is -0.577. The highest BCUT2D eigenvalue weighted by Gasteiger charge is 2.36. The van der Waals surface area contributed by atoms with Crippen molar-refractivity contribution in [2.45, 2.75) is 6.42 Å². The highest BCUT2D eigenvalue weighted by atomic mass is 32.2. The summed E-state index contributed by atoms with van der Waals surface area (Å²) < 4.78 is 0. The average Bonchev–Trinajstić information content (AvgIpc) is 2.71. The average molecular weight is 213 g/mol. The van der Waals surface area contributed by atoms with Crippen molar-refractivity contribution in [3.8, 4) is 0 Å². The maximum atomic E-state index is 11.5. The Morgan fingerprint density at radius 2 is 2.43 bits per heavy atom. The lowest BCUT2D eigenvalue weighted by molar-refractivity contribution is -0.126. The lowest BCUT2D eigenvalue weighted by Crippen LogP contribution is -2.31. The van der Waals surface area contributed by atoms with Gasteiger partial charge < -0.3 is 5.73 Å². The van der Waals surface area contributed by atoms with Crippen molar-refractivity contribution in [3.05, 3.63) is 0 Å². The first kappa shape index (κ1) is 9.51. The molecule has 0 bridgehead atoms. The van der Waals surface area contributed by atoms with Crippen LogP contribution in [-0.4, -0.2) is 40.7 Å². The van der Waals surface area contributed by atoms with Crippen LogP contribution >= 0.6 is 11.8 Å². The van der Waals surface area contributed by atoms with Crippen LogP contribution in [0.25, 0.3) is 0 Å². The molecule has 5 nitrogen and oxygen atoms in total. The van der Waals surface area contributed by atoms with Gasteiger partial charge in [0.05, 0.1) is 12.5 Å². The summed E-state index contributed by atoms with van der Waals surface area (Å²) in [4.78, 5) is 28.2. The number of hydrogen-bond acceptors (Lipinski definition) is 4. The first-order chi connectivity index (χ1) is 6.68. The molecular weight excluding hydrogens is 202 g/mol. The van der Waals surface area contributed by atoms with Crippen LogP contribution in [0.5, 0.6) is 0 Å².